The van der Waals surface area contributed by atoms with Crippen LogP contribution >= 0.6 is 0 Å². The molecule has 2 aliphatic carbocycles. The van der Waals surface area contributed by atoms with Crippen LogP contribution in [-0.2, 0) is 15.8 Å². The van der Waals surface area contributed by atoms with E-state index in [9.17, 15) is 22.8 Å². The maximum Gasteiger partial charge on any atom is 0.416 e. The second kappa shape index (κ2) is 4.83. The summed E-state index contributed by atoms with van der Waals surface area (Å²) in [7, 11) is 0. The molecule has 3 nitrogen and oxygen atoms in total. The first kappa shape index (κ1) is 17.0. The Morgan fingerprint density at radius 1 is 1.08 bits per heavy atom. The van der Waals surface area contributed by atoms with Gasteiger partial charge in [-0.2, -0.15) is 13.2 Å². The minimum absolute atomic E-state index is 0.0984. The van der Waals surface area contributed by atoms with Crippen LogP contribution in [-0.4, -0.2) is 11.7 Å². The van der Waals surface area contributed by atoms with Crippen molar-refractivity contribution in [2.45, 2.75) is 46.2 Å². The molecule has 2 aliphatic rings. The van der Waals surface area contributed by atoms with Gasteiger partial charge in [0.1, 0.15) is 5.78 Å². The summed E-state index contributed by atoms with van der Waals surface area (Å²) >= 11 is 0. The second-order valence-corrected chi connectivity index (χ2v) is 7.67. The van der Waals surface area contributed by atoms with E-state index in [1.807, 2.05) is 20.8 Å². The van der Waals surface area contributed by atoms with Gasteiger partial charge in [-0.1, -0.05) is 20.8 Å². The number of benzene rings is 1. The van der Waals surface area contributed by atoms with Gasteiger partial charge in [-0.3, -0.25) is 9.59 Å². The highest BCUT2D eigenvalue weighted by Gasteiger charge is 2.72. The van der Waals surface area contributed by atoms with E-state index in [0.717, 1.165) is 12.1 Å². The predicted molar refractivity (Wildman–Crippen MR) is 83.3 cm³/mol. The summed E-state index contributed by atoms with van der Waals surface area (Å²) < 4.78 is 37.8. The highest BCUT2D eigenvalue weighted by atomic mass is 19.4. The Morgan fingerprint density at radius 3 is 2.08 bits per heavy atom. The number of amides is 1. The van der Waals surface area contributed by atoms with Crippen LogP contribution in [0.3, 0.4) is 0 Å². The number of carbonyl (C=O) groups excluding carboxylic acids is 2. The number of fused-ring (bicyclic) bond motifs is 2. The quantitative estimate of drug-likeness (QED) is 0.866. The maximum atomic E-state index is 12.9. The van der Waals surface area contributed by atoms with Crippen molar-refractivity contribution in [3.63, 3.8) is 0 Å². The molecule has 1 N–H and O–H groups in total. The SMILES string of the molecule is CC12CCC(C(=O)Nc3ccc(C(F)(F)F)cc3)(CC1=O)C2(C)C. The molecule has 2 unspecified atom stereocenters. The zero-order valence-corrected chi connectivity index (χ0v) is 13.9. The smallest absolute Gasteiger partial charge is 0.326 e. The van der Waals surface area contributed by atoms with Crippen LogP contribution in [0, 0.1) is 16.2 Å². The molecule has 2 fully saturated rings. The van der Waals surface area contributed by atoms with Crippen LogP contribution < -0.4 is 5.32 Å². The van der Waals surface area contributed by atoms with Crippen LogP contribution in [0.1, 0.15) is 45.6 Å². The predicted octanol–water partition coefficient (Wildman–Crippen LogP) is 4.43. The molecule has 24 heavy (non-hydrogen) atoms. The van der Waals surface area contributed by atoms with Gasteiger partial charge in [0.25, 0.3) is 0 Å². The van der Waals surface area contributed by atoms with Crippen molar-refractivity contribution in [2.75, 3.05) is 5.32 Å². The Morgan fingerprint density at radius 2 is 1.67 bits per heavy atom. The lowest BCUT2D eigenvalue weighted by Crippen LogP contribution is -2.43. The first-order valence-corrected chi connectivity index (χ1v) is 7.96. The third-order valence-electron chi connectivity index (χ3n) is 6.61. The number of ketones is 1. The van der Waals surface area contributed by atoms with Crippen molar-refractivity contribution < 1.29 is 22.8 Å². The average Bonchev–Trinajstić information content (AvgIpc) is 2.77. The summed E-state index contributed by atoms with van der Waals surface area (Å²) in [6.07, 6.45) is -2.93. The number of rotatable bonds is 2. The fraction of sp³-hybridized carbons (Fsp3) is 0.556. The number of carbonyl (C=O) groups is 2. The highest BCUT2D eigenvalue weighted by molar-refractivity contribution is 6.04. The van der Waals surface area contributed by atoms with Crippen molar-refractivity contribution in [2.24, 2.45) is 16.2 Å². The molecule has 0 aromatic heterocycles. The molecule has 3 rings (SSSR count). The maximum absolute atomic E-state index is 12.9. The minimum atomic E-state index is -4.41. The van der Waals surface area contributed by atoms with Gasteiger partial charge in [0.15, 0.2) is 0 Å². The number of hydrogen-bond acceptors (Lipinski definition) is 2. The van der Waals surface area contributed by atoms with Crippen molar-refractivity contribution in [3.8, 4) is 0 Å². The van der Waals surface area contributed by atoms with Crippen LogP contribution in [0.2, 0.25) is 0 Å². The van der Waals surface area contributed by atoms with Crippen molar-refractivity contribution in [1.82, 2.24) is 0 Å². The van der Waals surface area contributed by atoms with Crippen LogP contribution in [0.25, 0.3) is 0 Å². The number of anilines is 1. The number of hydrogen-bond donors (Lipinski definition) is 1. The third-order valence-corrected chi connectivity index (χ3v) is 6.61. The Balaban J connectivity index is 1.85. The molecule has 2 saturated carbocycles. The van der Waals surface area contributed by atoms with E-state index in [1.54, 1.807) is 0 Å². The van der Waals surface area contributed by atoms with Crippen LogP contribution in [0.5, 0.6) is 0 Å². The Bertz CT molecular complexity index is 708. The largest absolute Gasteiger partial charge is 0.416 e. The van der Waals surface area contributed by atoms with E-state index in [1.165, 1.54) is 12.1 Å². The van der Waals surface area contributed by atoms with Gasteiger partial charge >= 0.3 is 6.18 Å². The minimum Gasteiger partial charge on any atom is -0.326 e. The highest BCUT2D eigenvalue weighted by Crippen LogP contribution is 2.70. The summed E-state index contributed by atoms with van der Waals surface area (Å²) in [5.74, 6) is -0.178. The van der Waals surface area contributed by atoms with Crippen LogP contribution in [0.15, 0.2) is 24.3 Å². The number of alkyl halides is 3. The standard InChI is InChI=1S/C18H20F3NO2/c1-15(2)16(3)8-9-17(15,10-13(16)23)14(24)22-12-6-4-11(5-7-12)18(19,20)21/h4-7H,8-10H2,1-3H3,(H,22,24). The summed E-state index contributed by atoms with van der Waals surface area (Å²) in [5.41, 5.74) is -2.23. The first-order chi connectivity index (χ1) is 10.9. The van der Waals surface area contributed by atoms with E-state index in [-0.39, 0.29) is 18.1 Å². The van der Waals surface area contributed by atoms with Crippen molar-refractivity contribution in [3.05, 3.63) is 29.8 Å². The van der Waals surface area contributed by atoms with Gasteiger partial charge in [-0.25, -0.2) is 0 Å². The lowest BCUT2D eigenvalue weighted by atomic mass is 9.64. The first-order valence-electron chi connectivity index (χ1n) is 7.96. The Kier molecular flexibility index (Phi) is 3.42. The molecule has 1 aromatic carbocycles. The molecule has 0 radical (unpaired) electrons. The molecule has 2 bridgehead atoms. The molecule has 1 aromatic rings. The van der Waals surface area contributed by atoms with Gasteiger partial charge < -0.3 is 5.32 Å². The van der Waals surface area contributed by atoms with Crippen molar-refractivity contribution in [1.29, 1.82) is 0 Å². The number of halogens is 3. The second-order valence-electron chi connectivity index (χ2n) is 7.67. The monoisotopic (exact) mass is 339 g/mol. The molecular formula is C18H20F3NO2. The van der Waals surface area contributed by atoms with E-state index >= 15 is 0 Å². The molecule has 130 valence electrons. The normalized spacial score (nSPS) is 31.3. The van der Waals surface area contributed by atoms with Crippen molar-refractivity contribution >= 4 is 17.4 Å². The van der Waals surface area contributed by atoms with E-state index in [0.29, 0.717) is 18.5 Å². The van der Waals surface area contributed by atoms with Gasteiger partial charge in [-0.15, -0.1) is 0 Å². The fourth-order valence-electron chi connectivity index (χ4n) is 4.35. The summed E-state index contributed by atoms with van der Waals surface area (Å²) in [6, 6.07) is 4.37. The van der Waals surface area contributed by atoms with E-state index in [2.05, 4.69) is 5.32 Å². The van der Waals surface area contributed by atoms with E-state index in [4.69, 9.17) is 0 Å². The zero-order valence-electron chi connectivity index (χ0n) is 13.9. The van der Waals surface area contributed by atoms with Gasteiger partial charge in [-0.05, 0) is 42.5 Å². The van der Waals surface area contributed by atoms with Gasteiger partial charge in [0, 0.05) is 17.5 Å². The number of nitrogens with one attached hydrogen (secondary N) is 1. The molecule has 0 heterocycles. The molecule has 6 heteroatoms. The molecule has 2 atom stereocenters. The summed E-state index contributed by atoms with van der Waals surface area (Å²) in [5, 5.41) is 2.72. The lowest BCUT2D eigenvalue weighted by molar-refractivity contribution is -0.137. The topological polar surface area (TPSA) is 46.2 Å². The molecule has 0 aliphatic heterocycles. The summed E-state index contributed by atoms with van der Waals surface area (Å²) in [4.78, 5) is 25.3. The molecule has 1 amide bonds. The fourth-order valence-corrected chi connectivity index (χ4v) is 4.35. The Labute approximate surface area is 138 Å². The molecular weight excluding hydrogens is 319 g/mol. The third kappa shape index (κ3) is 2.04. The van der Waals surface area contributed by atoms with Crippen LogP contribution in [0.4, 0.5) is 18.9 Å². The van der Waals surface area contributed by atoms with E-state index < -0.39 is 28.0 Å². The lowest BCUT2D eigenvalue weighted by Gasteiger charge is -2.38. The molecule has 0 saturated heterocycles. The van der Waals surface area contributed by atoms with Gasteiger partial charge in [0.05, 0.1) is 11.0 Å². The van der Waals surface area contributed by atoms with Gasteiger partial charge in [0.2, 0.25) is 5.91 Å². The average molecular weight is 339 g/mol. The Hall–Kier alpha value is -1.85. The zero-order chi connectivity index (χ0) is 18.0. The number of Topliss-reactive ketones (excluding diaryl/α,β-unsaturated/α-hetero) is 1. The molecule has 0 spiro atoms. The summed E-state index contributed by atoms with van der Waals surface area (Å²) in [6.45, 7) is 5.80.